The molecule has 20 nitrogen and oxygen atoms in total. The number of nitrogens with one attached hydrogen (secondary N) is 2. The standard InChI is InChI=1S/C37H49N7O13S3/c1-19-22(29(46)44(19)60(50,51)52)14-25(45)28(24-18-58-31(40-24)41-33(48)55-36(5,6)7)42-57-26(30(47)54-35(2,3)4)17-53-21-11-12-23-27(13-21)59-32(39-23)38-20-15-43(16-20)34(49)56-37(8,9)10/h11-13,18-20,22,26H,14-17H2,1-10H3,(H,38,39)(H,40,41,48)(H,50,51,52)/b42-28-/t19-,22-,26-/m0/s1. The first-order chi connectivity index (χ1) is 27.7. The van der Waals surface area contributed by atoms with Crippen LogP contribution in [0, 0.1) is 5.92 Å². The molecule has 2 fully saturated rings. The molecule has 3 amide bonds. The van der Waals surface area contributed by atoms with Gasteiger partial charge in [0.1, 0.15) is 34.9 Å². The van der Waals surface area contributed by atoms with Crippen LogP contribution in [-0.4, -0.2) is 122 Å². The van der Waals surface area contributed by atoms with Crippen molar-refractivity contribution in [3.63, 3.8) is 0 Å². The molecule has 0 unspecified atom stereocenters. The molecule has 23 heteroatoms. The Morgan fingerprint density at radius 3 is 2.22 bits per heavy atom. The van der Waals surface area contributed by atoms with Gasteiger partial charge >= 0.3 is 28.5 Å². The van der Waals surface area contributed by atoms with E-state index >= 15 is 0 Å². The Morgan fingerprint density at radius 1 is 0.967 bits per heavy atom. The summed E-state index contributed by atoms with van der Waals surface area (Å²) in [4.78, 5) is 80.8. The third-order valence-corrected chi connectivity index (χ3v) is 11.0. The second-order valence-corrected chi connectivity index (χ2v) is 20.2. The Kier molecular flexibility index (Phi) is 13.4. The van der Waals surface area contributed by atoms with Gasteiger partial charge in [-0.15, -0.1) is 11.3 Å². The van der Waals surface area contributed by atoms with Crippen molar-refractivity contribution < 1.29 is 60.7 Å². The quantitative estimate of drug-likeness (QED) is 0.0466. The molecule has 3 N–H and O–H groups in total. The number of amides is 3. The highest BCUT2D eigenvalue weighted by molar-refractivity contribution is 7.84. The minimum atomic E-state index is -4.86. The minimum absolute atomic E-state index is 0.0149. The number of anilines is 2. The van der Waals surface area contributed by atoms with Crippen molar-refractivity contribution in [3.8, 4) is 5.75 Å². The molecule has 5 rings (SSSR count). The van der Waals surface area contributed by atoms with Crippen molar-refractivity contribution in [2.75, 3.05) is 30.3 Å². The molecule has 0 spiro atoms. The largest absolute Gasteiger partial charge is 0.489 e. The lowest BCUT2D eigenvalue weighted by molar-refractivity contribution is -0.170. The molecule has 2 aliphatic heterocycles. The maximum absolute atomic E-state index is 13.8. The Morgan fingerprint density at radius 2 is 1.62 bits per heavy atom. The highest BCUT2D eigenvalue weighted by Gasteiger charge is 2.51. The summed E-state index contributed by atoms with van der Waals surface area (Å²) in [6.45, 7) is 17.2. The summed E-state index contributed by atoms with van der Waals surface area (Å²) >= 11 is 2.28. The number of oxime groups is 1. The number of ketones is 1. The number of Topliss-reactive ketones (excluding diaryl/α,β-unsaturated/α-hetero) is 1. The average Bonchev–Trinajstić information content (AvgIpc) is 3.69. The van der Waals surface area contributed by atoms with Gasteiger partial charge < -0.3 is 34.0 Å². The molecule has 328 valence electrons. The van der Waals surface area contributed by atoms with Crippen LogP contribution in [0.25, 0.3) is 10.2 Å². The summed E-state index contributed by atoms with van der Waals surface area (Å²) in [7, 11) is -4.86. The predicted molar refractivity (Wildman–Crippen MR) is 221 cm³/mol. The third-order valence-electron chi connectivity index (χ3n) is 8.32. The van der Waals surface area contributed by atoms with E-state index in [4.69, 9.17) is 23.8 Å². The molecule has 0 radical (unpaired) electrons. The van der Waals surface area contributed by atoms with E-state index in [0.717, 1.165) is 16.0 Å². The highest BCUT2D eigenvalue weighted by atomic mass is 32.2. The van der Waals surface area contributed by atoms with Gasteiger partial charge in [0, 0.05) is 24.9 Å². The summed E-state index contributed by atoms with van der Waals surface area (Å²) in [5, 5.41) is 11.8. The Labute approximate surface area is 354 Å². The van der Waals surface area contributed by atoms with Crippen LogP contribution >= 0.6 is 22.7 Å². The normalized spacial score (nSPS) is 18.2. The number of rotatable bonds is 14. The highest BCUT2D eigenvalue weighted by Crippen LogP contribution is 2.33. The van der Waals surface area contributed by atoms with Crippen LogP contribution < -0.4 is 15.4 Å². The van der Waals surface area contributed by atoms with E-state index in [9.17, 15) is 36.9 Å². The molecule has 3 aromatic rings. The van der Waals surface area contributed by atoms with E-state index in [0.29, 0.717) is 29.5 Å². The smallest absolute Gasteiger partial charge is 0.413 e. The average molecular weight is 896 g/mol. The fraction of sp³-hybridized carbons (Fsp3) is 0.568. The fourth-order valence-electron chi connectivity index (χ4n) is 5.67. The number of β-lactam (4-membered cyclic amide) rings is 1. The number of hydrogen-bond acceptors (Lipinski definition) is 18. The fourth-order valence-corrected chi connectivity index (χ4v) is 8.26. The lowest BCUT2D eigenvalue weighted by atomic mass is 9.86. The molecule has 3 atom stereocenters. The predicted octanol–water partition coefficient (Wildman–Crippen LogP) is 5.25. The van der Waals surface area contributed by atoms with Crippen LogP contribution in [0.5, 0.6) is 5.75 Å². The summed E-state index contributed by atoms with van der Waals surface area (Å²) in [5.41, 5.74) is -2.27. The summed E-state index contributed by atoms with van der Waals surface area (Å²) in [5.74, 6) is -3.52. The Bertz CT molecular complexity index is 2270. The van der Waals surface area contributed by atoms with Crippen LogP contribution in [0.1, 0.15) is 81.4 Å². The van der Waals surface area contributed by atoms with Gasteiger partial charge in [0.2, 0.25) is 5.91 Å². The Balaban J connectivity index is 1.33. The number of benzene rings is 1. The number of aromatic nitrogens is 2. The second-order valence-electron chi connectivity index (χ2n) is 17.0. The zero-order valence-electron chi connectivity index (χ0n) is 34.8. The molecular weight excluding hydrogens is 847 g/mol. The van der Waals surface area contributed by atoms with Crippen molar-refractivity contribution in [3.05, 3.63) is 29.3 Å². The Hall–Kier alpha value is -5.13. The van der Waals surface area contributed by atoms with E-state index in [1.807, 2.05) is 20.8 Å². The monoisotopic (exact) mass is 895 g/mol. The van der Waals surface area contributed by atoms with Crippen LogP contribution in [0.15, 0.2) is 28.7 Å². The van der Waals surface area contributed by atoms with E-state index in [2.05, 4.69) is 25.8 Å². The van der Waals surface area contributed by atoms with Crippen LogP contribution in [0.4, 0.5) is 19.9 Å². The molecule has 2 saturated heterocycles. The maximum Gasteiger partial charge on any atom is 0.413 e. The first kappa shape index (κ1) is 45.9. The maximum atomic E-state index is 13.8. The molecule has 0 aliphatic carbocycles. The number of likely N-dealkylation sites (tertiary alicyclic amines) is 1. The molecular formula is C37H49N7O13S3. The number of hydrogen-bond donors (Lipinski definition) is 3. The lowest BCUT2D eigenvalue weighted by Gasteiger charge is -2.41. The molecule has 2 aliphatic rings. The van der Waals surface area contributed by atoms with Crippen LogP contribution in [-0.2, 0) is 43.7 Å². The van der Waals surface area contributed by atoms with Crippen LogP contribution in [0.3, 0.4) is 0 Å². The number of carbonyl (C=O) groups excluding carboxylic acids is 5. The third kappa shape index (κ3) is 12.2. The van der Waals surface area contributed by atoms with Gasteiger partial charge in [-0.05, 0) is 87.4 Å². The summed E-state index contributed by atoms with van der Waals surface area (Å²) in [6.07, 6.45) is -3.32. The molecule has 60 heavy (non-hydrogen) atoms. The second kappa shape index (κ2) is 17.5. The molecule has 1 aromatic carbocycles. The number of thiazole rings is 2. The SMILES string of the molecule is C[C@H]1[C@H](CC(=O)/C(=N\O[C@@H](COc2ccc3nc(NC4CN(C(=O)OC(C)(C)C)C4)sc3c2)C(=O)OC(C)(C)C)c2csc(NC(=O)OC(C)(C)C)n2)C(=O)N1S(=O)(=O)O. The zero-order chi connectivity index (χ0) is 44.5. The van der Waals surface area contributed by atoms with E-state index in [-0.39, 0.29) is 27.3 Å². The summed E-state index contributed by atoms with van der Waals surface area (Å²) < 4.78 is 56.0. The van der Waals surface area contributed by atoms with Crippen molar-refractivity contribution in [2.24, 2.45) is 11.1 Å². The minimum Gasteiger partial charge on any atom is -0.489 e. The van der Waals surface area contributed by atoms with Gasteiger partial charge in [0.05, 0.1) is 28.2 Å². The molecule has 2 aromatic heterocycles. The van der Waals surface area contributed by atoms with Gasteiger partial charge in [-0.1, -0.05) is 16.5 Å². The van der Waals surface area contributed by atoms with E-state index in [1.54, 1.807) is 64.6 Å². The number of nitrogens with zero attached hydrogens (tertiary/aromatic N) is 5. The van der Waals surface area contributed by atoms with Gasteiger partial charge in [0.25, 0.3) is 6.10 Å². The zero-order valence-corrected chi connectivity index (χ0v) is 37.2. The van der Waals surface area contributed by atoms with Gasteiger partial charge in [-0.25, -0.2) is 28.7 Å². The van der Waals surface area contributed by atoms with Gasteiger partial charge in [0.15, 0.2) is 21.8 Å². The van der Waals surface area contributed by atoms with Crippen molar-refractivity contribution in [2.45, 2.75) is 111 Å². The van der Waals surface area contributed by atoms with E-state index < -0.39 is 87.7 Å². The molecule has 0 bridgehead atoms. The number of fused-ring (bicyclic) bond motifs is 1. The van der Waals surface area contributed by atoms with Crippen molar-refractivity contribution in [1.29, 1.82) is 0 Å². The van der Waals surface area contributed by atoms with Crippen molar-refractivity contribution >= 4 is 89.0 Å². The van der Waals surface area contributed by atoms with Gasteiger partial charge in [-0.2, -0.15) is 8.42 Å². The first-order valence-electron chi connectivity index (χ1n) is 18.7. The topological polar surface area (TPSA) is 255 Å². The number of ether oxygens (including phenoxy) is 4. The molecule has 4 heterocycles. The molecule has 0 saturated carbocycles. The number of esters is 1. The van der Waals surface area contributed by atoms with Crippen molar-refractivity contribution in [1.82, 2.24) is 19.2 Å². The van der Waals surface area contributed by atoms with E-state index in [1.165, 1.54) is 23.6 Å². The summed E-state index contributed by atoms with van der Waals surface area (Å²) in [6, 6.07) is 4.02. The lowest BCUT2D eigenvalue weighted by Crippen LogP contribution is -2.62. The number of carbonyl (C=O) groups is 5. The van der Waals surface area contributed by atoms with Gasteiger partial charge in [-0.3, -0.25) is 19.5 Å². The van der Waals surface area contributed by atoms with Crippen LogP contribution in [0.2, 0.25) is 0 Å². The first-order valence-corrected chi connectivity index (χ1v) is 21.8.